The zero-order valence-corrected chi connectivity index (χ0v) is 10.3. The van der Waals surface area contributed by atoms with E-state index >= 15 is 0 Å². The zero-order chi connectivity index (χ0) is 11.4. The Kier molecular flexibility index (Phi) is 3.51. The number of nitrogens with one attached hydrogen (secondary N) is 1. The van der Waals surface area contributed by atoms with Gasteiger partial charge in [-0.3, -0.25) is 0 Å². The van der Waals surface area contributed by atoms with E-state index in [-0.39, 0.29) is 0 Å². The zero-order valence-electron chi connectivity index (χ0n) is 9.53. The van der Waals surface area contributed by atoms with E-state index in [1.807, 2.05) is 19.1 Å². The maximum absolute atomic E-state index is 4.50. The topological polar surface area (TPSA) is 37.8 Å². The van der Waals surface area contributed by atoms with Crippen molar-refractivity contribution in [1.82, 2.24) is 9.97 Å². The Hall–Kier alpha value is -1.42. The molecule has 0 radical (unpaired) electrons. The third-order valence-electron chi connectivity index (χ3n) is 2.16. The summed E-state index contributed by atoms with van der Waals surface area (Å²) in [6.07, 6.45) is 1.08. The highest BCUT2D eigenvalue weighted by atomic mass is 32.1. The number of aryl methyl sites for hydroxylation is 1. The van der Waals surface area contributed by atoms with E-state index in [9.17, 15) is 0 Å². The van der Waals surface area contributed by atoms with E-state index in [2.05, 4.69) is 33.7 Å². The second-order valence-electron chi connectivity index (χ2n) is 3.62. The summed E-state index contributed by atoms with van der Waals surface area (Å²) in [4.78, 5) is 10.1. The molecule has 0 saturated heterocycles. The van der Waals surface area contributed by atoms with Gasteiger partial charge in [0.1, 0.15) is 0 Å². The van der Waals surface area contributed by atoms with Crippen LogP contribution in [0.25, 0.3) is 10.6 Å². The molecular weight excluding hydrogens is 218 g/mol. The molecule has 4 heteroatoms. The van der Waals surface area contributed by atoms with E-state index in [1.165, 1.54) is 4.88 Å². The predicted molar refractivity (Wildman–Crippen MR) is 68.9 cm³/mol. The number of rotatable bonds is 4. The predicted octanol–water partition coefficient (Wildman–Crippen LogP) is 3.34. The number of anilines is 1. The second-order valence-corrected chi connectivity index (χ2v) is 4.57. The number of thiophene rings is 1. The number of hydrogen-bond acceptors (Lipinski definition) is 4. The fraction of sp³-hybridized carbons (Fsp3) is 0.333. The van der Waals surface area contributed by atoms with Crippen molar-refractivity contribution in [2.75, 3.05) is 11.9 Å². The first-order valence-corrected chi connectivity index (χ1v) is 6.31. The minimum absolute atomic E-state index is 0.727. The molecule has 2 rings (SSSR count). The van der Waals surface area contributed by atoms with E-state index < -0.39 is 0 Å². The van der Waals surface area contributed by atoms with E-state index in [0.717, 1.165) is 30.3 Å². The Labute approximate surface area is 99.6 Å². The Morgan fingerprint density at radius 1 is 1.38 bits per heavy atom. The summed E-state index contributed by atoms with van der Waals surface area (Å²) in [7, 11) is 0. The fourth-order valence-electron chi connectivity index (χ4n) is 1.43. The molecule has 2 aromatic heterocycles. The van der Waals surface area contributed by atoms with E-state index in [1.54, 1.807) is 11.3 Å². The van der Waals surface area contributed by atoms with Gasteiger partial charge in [0.05, 0.1) is 10.6 Å². The molecule has 1 N–H and O–H groups in total. The Bertz CT molecular complexity index is 451. The molecule has 0 aliphatic carbocycles. The van der Waals surface area contributed by atoms with Crippen molar-refractivity contribution < 1.29 is 0 Å². The molecule has 0 saturated carbocycles. The maximum atomic E-state index is 4.50. The summed E-state index contributed by atoms with van der Waals surface area (Å²) in [6.45, 7) is 5.03. The third kappa shape index (κ3) is 2.58. The van der Waals surface area contributed by atoms with E-state index in [4.69, 9.17) is 0 Å². The van der Waals surface area contributed by atoms with Crippen molar-refractivity contribution in [2.45, 2.75) is 20.3 Å². The average molecular weight is 233 g/mol. The minimum atomic E-state index is 0.727. The Balaban J connectivity index is 2.29. The van der Waals surface area contributed by atoms with Crippen LogP contribution in [0.1, 0.15) is 19.0 Å². The van der Waals surface area contributed by atoms with Gasteiger partial charge in [-0.25, -0.2) is 9.97 Å². The summed E-state index contributed by atoms with van der Waals surface area (Å²) in [5.41, 5.74) is 2.00. The summed E-state index contributed by atoms with van der Waals surface area (Å²) in [5.74, 6) is 0.727. The molecule has 0 fully saturated rings. The quantitative estimate of drug-likeness (QED) is 0.880. The number of nitrogens with zero attached hydrogens (tertiary/aromatic N) is 2. The molecule has 0 aromatic carbocycles. The van der Waals surface area contributed by atoms with Gasteiger partial charge in [-0.15, -0.1) is 11.3 Å². The lowest BCUT2D eigenvalue weighted by molar-refractivity contribution is 0.947. The van der Waals surface area contributed by atoms with Crippen molar-refractivity contribution in [2.24, 2.45) is 0 Å². The SMILES string of the molecule is CCCNc1nc(C)cc(-c2cccs2)n1. The van der Waals surface area contributed by atoms with Gasteiger partial charge in [-0.05, 0) is 30.9 Å². The lowest BCUT2D eigenvalue weighted by atomic mass is 10.3. The van der Waals surface area contributed by atoms with Crippen LogP contribution in [-0.2, 0) is 0 Å². The molecule has 0 atom stereocenters. The monoisotopic (exact) mass is 233 g/mol. The summed E-state index contributed by atoms with van der Waals surface area (Å²) in [6, 6.07) is 6.13. The van der Waals surface area contributed by atoms with Crippen LogP contribution in [0.2, 0.25) is 0 Å². The molecule has 3 nitrogen and oxygen atoms in total. The number of hydrogen-bond donors (Lipinski definition) is 1. The van der Waals surface area contributed by atoms with Gasteiger partial charge >= 0.3 is 0 Å². The van der Waals surface area contributed by atoms with Crippen molar-refractivity contribution in [3.8, 4) is 10.6 Å². The molecule has 0 spiro atoms. The third-order valence-corrected chi connectivity index (χ3v) is 3.05. The van der Waals surface area contributed by atoms with Gasteiger partial charge in [0.15, 0.2) is 0 Å². The fourth-order valence-corrected chi connectivity index (χ4v) is 2.12. The van der Waals surface area contributed by atoms with Crippen molar-refractivity contribution in [1.29, 1.82) is 0 Å². The summed E-state index contributed by atoms with van der Waals surface area (Å²) >= 11 is 1.70. The van der Waals surface area contributed by atoms with Crippen LogP contribution in [0.3, 0.4) is 0 Å². The Morgan fingerprint density at radius 2 is 2.25 bits per heavy atom. The van der Waals surface area contributed by atoms with Gasteiger partial charge in [0.25, 0.3) is 0 Å². The van der Waals surface area contributed by atoms with Crippen LogP contribution in [0.15, 0.2) is 23.6 Å². The second kappa shape index (κ2) is 5.07. The first-order chi connectivity index (χ1) is 7.79. The maximum Gasteiger partial charge on any atom is 0.223 e. The molecule has 0 bridgehead atoms. The lowest BCUT2D eigenvalue weighted by Crippen LogP contribution is -2.05. The number of aromatic nitrogens is 2. The largest absolute Gasteiger partial charge is 0.354 e. The molecule has 0 aliphatic rings. The van der Waals surface area contributed by atoms with Crippen LogP contribution < -0.4 is 5.32 Å². The molecule has 2 aromatic rings. The first kappa shape index (κ1) is 11.1. The standard InChI is InChI=1S/C12H15N3S/c1-3-6-13-12-14-9(2)8-10(15-12)11-5-4-7-16-11/h4-5,7-8H,3,6H2,1-2H3,(H,13,14,15). The van der Waals surface area contributed by atoms with Gasteiger partial charge in [0.2, 0.25) is 5.95 Å². The highest BCUT2D eigenvalue weighted by Gasteiger charge is 2.04. The molecule has 0 aliphatic heterocycles. The van der Waals surface area contributed by atoms with E-state index in [0.29, 0.717) is 0 Å². The smallest absolute Gasteiger partial charge is 0.223 e. The van der Waals surface area contributed by atoms with Gasteiger partial charge in [0, 0.05) is 12.2 Å². The minimum Gasteiger partial charge on any atom is -0.354 e. The van der Waals surface area contributed by atoms with Gasteiger partial charge in [-0.2, -0.15) is 0 Å². The van der Waals surface area contributed by atoms with Crippen LogP contribution in [-0.4, -0.2) is 16.5 Å². The van der Waals surface area contributed by atoms with Crippen LogP contribution >= 0.6 is 11.3 Å². The highest BCUT2D eigenvalue weighted by molar-refractivity contribution is 7.13. The average Bonchev–Trinajstić information content (AvgIpc) is 2.79. The van der Waals surface area contributed by atoms with Gasteiger partial charge < -0.3 is 5.32 Å². The lowest BCUT2D eigenvalue weighted by Gasteiger charge is -2.05. The first-order valence-electron chi connectivity index (χ1n) is 5.43. The highest BCUT2D eigenvalue weighted by Crippen LogP contribution is 2.23. The van der Waals surface area contributed by atoms with Crippen LogP contribution in [0.4, 0.5) is 5.95 Å². The molecule has 84 valence electrons. The van der Waals surface area contributed by atoms with Crippen molar-refractivity contribution >= 4 is 17.3 Å². The normalized spacial score (nSPS) is 10.4. The van der Waals surface area contributed by atoms with Crippen LogP contribution in [0.5, 0.6) is 0 Å². The summed E-state index contributed by atoms with van der Waals surface area (Å²) < 4.78 is 0. The Morgan fingerprint density at radius 3 is 2.94 bits per heavy atom. The van der Waals surface area contributed by atoms with Crippen molar-refractivity contribution in [3.05, 3.63) is 29.3 Å². The molecular formula is C12H15N3S. The van der Waals surface area contributed by atoms with Crippen molar-refractivity contribution in [3.63, 3.8) is 0 Å². The molecule has 16 heavy (non-hydrogen) atoms. The molecule has 0 amide bonds. The molecule has 2 heterocycles. The summed E-state index contributed by atoms with van der Waals surface area (Å²) in [5, 5.41) is 5.28. The van der Waals surface area contributed by atoms with Crippen LogP contribution in [0, 0.1) is 6.92 Å². The molecule has 0 unspecified atom stereocenters. The van der Waals surface area contributed by atoms with Gasteiger partial charge in [-0.1, -0.05) is 13.0 Å².